The highest BCUT2D eigenvalue weighted by atomic mass is 19.1. The molecule has 1 atom stereocenters. The summed E-state index contributed by atoms with van der Waals surface area (Å²) >= 11 is 0. The molecule has 3 aromatic carbocycles. The number of hydrogen-bond donors (Lipinski definition) is 2. The Morgan fingerprint density at radius 3 is 2.64 bits per heavy atom. The molecular formula is C26H24FN3O3. The molecule has 3 N–H and O–H groups in total. The fraction of sp³-hybridized carbons (Fsp3) is 0.231. The maximum absolute atomic E-state index is 14.6. The summed E-state index contributed by atoms with van der Waals surface area (Å²) in [6, 6.07) is 19.1. The molecule has 0 aromatic heterocycles. The van der Waals surface area contributed by atoms with Crippen molar-refractivity contribution in [3.8, 4) is 11.5 Å². The number of fused-ring (bicyclic) bond motifs is 2. The van der Waals surface area contributed by atoms with Gasteiger partial charge in [0.15, 0.2) is 0 Å². The van der Waals surface area contributed by atoms with Gasteiger partial charge in [0.2, 0.25) is 5.91 Å². The van der Waals surface area contributed by atoms with Gasteiger partial charge in [-0.05, 0) is 66.9 Å². The van der Waals surface area contributed by atoms with Crippen LogP contribution in [0, 0.1) is 5.82 Å². The van der Waals surface area contributed by atoms with Gasteiger partial charge in [-0.25, -0.2) is 4.39 Å². The lowest BCUT2D eigenvalue weighted by molar-refractivity contribution is -0.120. The molecule has 0 radical (unpaired) electrons. The number of rotatable bonds is 5. The molecule has 1 unspecified atom stereocenters. The predicted octanol–water partition coefficient (Wildman–Crippen LogP) is 3.86. The average Bonchev–Trinajstić information content (AvgIpc) is 3.39. The minimum atomic E-state index is -0.790. The number of para-hydroxylation sites is 1. The lowest BCUT2D eigenvalue weighted by Gasteiger charge is -2.23. The van der Waals surface area contributed by atoms with E-state index in [1.807, 2.05) is 48.5 Å². The molecule has 168 valence electrons. The third kappa shape index (κ3) is 3.74. The Morgan fingerprint density at radius 2 is 1.85 bits per heavy atom. The van der Waals surface area contributed by atoms with Crippen molar-refractivity contribution in [2.24, 2.45) is 5.73 Å². The van der Waals surface area contributed by atoms with Crippen LogP contribution in [0.15, 0.2) is 66.7 Å². The summed E-state index contributed by atoms with van der Waals surface area (Å²) < 4.78 is 20.5. The molecule has 0 bridgehead atoms. The van der Waals surface area contributed by atoms with Crippen LogP contribution in [0.25, 0.3) is 0 Å². The number of carbonyl (C=O) groups is 2. The van der Waals surface area contributed by atoms with E-state index in [2.05, 4.69) is 5.32 Å². The smallest absolute Gasteiger partial charge is 0.257 e. The monoisotopic (exact) mass is 445 g/mol. The van der Waals surface area contributed by atoms with E-state index >= 15 is 0 Å². The highest BCUT2D eigenvalue weighted by Gasteiger charge is 2.52. The van der Waals surface area contributed by atoms with Crippen molar-refractivity contribution in [3.05, 3.63) is 89.2 Å². The molecule has 6 nitrogen and oxygen atoms in total. The van der Waals surface area contributed by atoms with Crippen LogP contribution in [0.2, 0.25) is 0 Å². The SMILES string of the molecule is NCCc1ccc(Oc2ccc(F)c(C(=O)N3CCC4(C3)C(=O)Nc3ccccc34)c2)cc1. The van der Waals surface area contributed by atoms with Crippen molar-refractivity contribution in [1.82, 2.24) is 4.90 Å². The average molecular weight is 445 g/mol. The molecule has 3 aromatic rings. The number of nitrogens with one attached hydrogen (secondary N) is 1. The first-order chi connectivity index (χ1) is 16.0. The van der Waals surface area contributed by atoms with E-state index in [0.717, 1.165) is 23.2 Å². The van der Waals surface area contributed by atoms with Crippen LogP contribution in [-0.2, 0) is 16.6 Å². The first-order valence-corrected chi connectivity index (χ1v) is 11.0. The Bertz CT molecular complexity index is 1230. The first-order valence-electron chi connectivity index (χ1n) is 11.0. The minimum Gasteiger partial charge on any atom is -0.457 e. The maximum atomic E-state index is 14.6. The van der Waals surface area contributed by atoms with Crippen LogP contribution in [0.4, 0.5) is 10.1 Å². The molecule has 33 heavy (non-hydrogen) atoms. The highest BCUT2D eigenvalue weighted by Crippen LogP contribution is 2.44. The third-order valence-corrected chi connectivity index (χ3v) is 6.44. The third-order valence-electron chi connectivity index (χ3n) is 6.44. The Labute approximate surface area is 191 Å². The standard InChI is InChI=1S/C26H24FN3O3/c27-22-10-9-19(33-18-7-5-17(6-8-18)11-13-28)15-20(22)24(31)30-14-12-26(16-30)21-3-1-2-4-23(21)29-25(26)32/h1-10,15H,11-14,16,28H2,(H,29,32). The largest absolute Gasteiger partial charge is 0.457 e. The minimum absolute atomic E-state index is 0.0732. The molecule has 0 aliphatic carbocycles. The van der Waals surface area contributed by atoms with Crippen LogP contribution in [-0.4, -0.2) is 36.3 Å². The molecule has 5 rings (SSSR count). The number of hydrogen-bond acceptors (Lipinski definition) is 4. The van der Waals surface area contributed by atoms with Crippen LogP contribution in [0.3, 0.4) is 0 Å². The quantitative estimate of drug-likeness (QED) is 0.625. The van der Waals surface area contributed by atoms with E-state index in [9.17, 15) is 14.0 Å². The Kier molecular flexibility index (Phi) is 5.34. The van der Waals surface area contributed by atoms with E-state index in [1.165, 1.54) is 18.2 Å². The number of amides is 2. The van der Waals surface area contributed by atoms with Gasteiger partial charge >= 0.3 is 0 Å². The number of carbonyl (C=O) groups excluding carboxylic acids is 2. The van der Waals surface area contributed by atoms with Gasteiger partial charge in [0.1, 0.15) is 17.3 Å². The van der Waals surface area contributed by atoms with Crippen molar-refractivity contribution in [2.45, 2.75) is 18.3 Å². The predicted molar refractivity (Wildman–Crippen MR) is 123 cm³/mol. The number of halogens is 1. The van der Waals surface area contributed by atoms with Gasteiger partial charge in [-0.15, -0.1) is 0 Å². The number of nitrogens with zero attached hydrogens (tertiary/aromatic N) is 1. The number of ether oxygens (including phenoxy) is 1. The number of anilines is 1. The molecule has 2 aliphatic rings. The maximum Gasteiger partial charge on any atom is 0.257 e. The molecule has 2 aliphatic heterocycles. The van der Waals surface area contributed by atoms with Crippen LogP contribution in [0.1, 0.15) is 27.9 Å². The summed E-state index contributed by atoms with van der Waals surface area (Å²) in [5.41, 5.74) is 7.48. The van der Waals surface area contributed by atoms with Gasteiger partial charge in [0, 0.05) is 18.8 Å². The summed E-state index contributed by atoms with van der Waals surface area (Å²) in [5.74, 6) is -0.243. The Hall–Kier alpha value is -3.71. The summed E-state index contributed by atoms with van der Waals surface area (Å²) in [7, 11) is 0. The van der Waals surface area contributed by atoms with Crippen molar-refractivity contribution in [1.29, 1.82) is 0 Å². The van der Waals surface area contributed by atoms with E-state index in [-0.39, 0.29) is 18.0 Å². The van der Waals surface area contributed by atoms with Gasteiger partial charge < -0.3 is 20.7 Å². The molecule has 2 heterocycles. The number of likely N-dealkylation sites (tertiary alicyclic amines) is 1. The van der Waals surface area contributed by atoms with Gasteiger partial charge in [-0.2, -0.15) is 0 Å². The van der Waals surface area contributed by atoms with Gasteiger partial charge in [-0.3, -0.25) is 9.59 Å². The zero-order valence-electron chi connectivity index (χ0n) is 18.0. The summed E-state index contributed by atoms with van der Waals surface area (Å²) in [5, 5.41) is 2.91. The van der Waals surface area contributed by atoms with Gasteiger partial charge in [0.25, 0.3) is 5.91 Å². The Morgan fingerprint density at radius 1 is 1.09 bits per heavy atom. The zero-order valence-corrected chi connectivity index (χ0v) is 18.0. The molecule has 2 amide bonds. The first kappa shape index (κ1) is 21.2. The van der Waals surface area contributed by atoms with Crippen molar-refractivity contribution in [3.63, 3.8) is 0 Å². The molecular weight excluding hydrogens is 421 g/mol. The van der Waals surface area contributed by atoms with Crippen molar-refractivity contribution >= 4 is 17.5 Å². The molecule has 1 saturated heterocycles. The lowest BCUT2D eigenvalue weighted by atomic mass is 9.81. The fourth-order valence-corrected chi connectivity index (χ4v) is 4.69. The van der Waals surface area contributed by atoms with Crippen LogP contribution < -0.4 is 15.8 Å². The van der Waals surface area contributed by atoms with Crippen LogP contribution in [0.5, 0.6) is 11.5 Å². The summed E-state index contributed by atoms with van der Waals surface area (Å²) in [4.78, 5) is 27.6. The summed E-state index contributed by atoms with van der Waals surface area (Å²) in [6.07, 6.45) is 1.27. The second kappa shape index (κ2) is 8.33. The van der Waals surface area contributed by atoms with E-state index < -0.39 is 17.1 Å². The highest BCUT2D eigenvalue weighted by molar-refractivity contribution is 6.07. The van der Waals surface area contributed by atoms with Crippen molar-refractivity contribution < 1.29 is 18.7 Å². The van der Waals surface area contributed by atoms with E-state index in [1.54, 1.807) is 4.90 Å². The topological polar surface area (TPSA) is 84.7 Å². The zero-order chi connectivity index (χ0) is 23.0. The Balaban J connectivity index is 1.36. The second-order valence-corrected chi connectivity index (χ2v) is 8.48. The molecule has 7 heteroatoms. The fourth-order valence-electron chi connectivity index (χ4n) is 4.69. The van der Waals surface area contributed by atoms with Crippen LogP contribution >= 0.6 is 0 Å². The summed E-state index contributed by atoms with van der Waals surface area (Å²) in [6.45, 7) is 1.14. The van der Waals surface area contributed by atoms with Gasteiger partial charge in [-0.1, -0.05) is 30.3 Å². The molecule has 1 fully saturated rings. The number of nitrogens with two attached hydrogens (primary N) is 1. The van der Waals surface area contributed by atoms with Crippen molar-refractivity contribution in [2.75, 3.05) is 25.0 Å². The number of benzene rings is 3. The van der Waals surface area contributed by atoms with E-state index in [4.69, 9.17) is 10.5 Å². The van der Waals surface area contributed by atoms with Gasteiger partial charge in [0.05, 0.1) is 11.0 Å². The molecule has 0 saturated carbocycles. The van der Waals surface area contributed by atoms with E-state index in [0.29, 0.717) is 31.0 Å². The normalized spacial score (nSPS) is 19.0. The lowest BCUT2D eigenvalue weighted by Crippen LogP contribution is -2.39. The second-order valence-electron chi connectivity index (χ2n) is 8.48. The molecule has 1 spiro atoms.